The van der Waals surface area contributed by atoms with E-state index in [1.54, 1.807) is 0 Å². The minimum absolute atomic E-state index is 0.0127. The summed E-state index contributed by atoms with van der Waals surface area (Å²) < 4.78 is 15.8. The Balaban J connectivity index is -0.000000897. The topological polar surface area (TPSA) is 125 Å². The normalized spacial score (nSPS) is 12.5. The van der Waals surface area contributed by atoms with Crippen molar-refractivity contribution in [1.82, 2.24) is 4.90 Å². The third kappa shape index (κ3) is 52.3. The molecule has 61 heavy (non-hydrogen) atoms. The van der Waals surface area contributed by atoms with Gasteiger partial charge in [-0.15, -0.1) is 0 Å². The van der Waals surface area contributed by atoms with Crippen LogP contribution in [0.2, 0.25) is 0 Å². The average Bonchev–Trinajstić information content (AvgIpc) is 3.76. The molecule has 0 saturated carbocycles. The molecule has 0 unspecified atom stereocenters. The van der Waals surface area contributed by atoms with Gasteiger partial charge in [-0.3, -0.25) is 14.4 Å². The van der Waals surface area contributed by atoms with E-state index in [4.69, 9.17) is 15.2 Å². The molecule has 0 spiro atoms. The van der Waals surface area contributed by atoms with E-state index in [-0.39, 0.29) is 23.4 Å². The molecular weight excluding hydrogens is 765 g/mol. The SMILES string of the molecule is CC(C)(CCCCCCN1CCCC1)C(N)=O.CCCC=O.CCCCCCCCC(CCCCCCCC)OC(=O)CCCCCCCOC=O.CCCOCCC(C)C. The van der Waals surface area contributed by atoms with Crippen molar-refractivity contribution >= 4 is 24.6 Å². The summed E-state index contributed by atoms with van der Waals surface area (Å²) in [7, 11) is 0. The smallest absolute Gasteiger partial charge is 0.306 e. The molecule has 1 fully saturated rings. The first-order chi connectivity index (χ1) is 29.4. The Labute approximate surface area is 378 Å². The van der Waals surface area contributed by atoms with Crippen molar-refractivity contribution in [2.24, 2.45) is 17.1 Å². The van der Waals surface area contributed by atoms with Gasteiger partial charge >= 0.3 is 5.97 Å². The van der Waals surface area contributed by atoms with Crippen LogP contribution in [0.25, 0.3) is 0 Å². The van der Waals surface area contributed by atoms with Crippen LogP contribution in [-0.4, -0.2) is 75.1 Å². The Kier molecular flexibility index (Phi) is 52.5. The summed E-state index contributed by atoms with van der Waals surface area (Å²) in [6.45, 7) is 23.7. The maximum absolute atomic E-state index is 12.3. The molecule has 1 aliphatic rings. The minimum Gasteiger partial charge on any atom is -0.468 e. The van der Waals surface area contributed by atoms with Crippen LogP contribution in [-0.2, 0) is 33.4 Å². The van der Waals surface area contributed by atoms with Crippen molar-refractivity contribution in [3.8, 4) is 0 Å². The van der Waals surface area contributed by atoms with E-state index in [9.17, 15) is 19.2 Å². The summed E-state index contributed by atoms with van der Waals surface area (Å²) in [4.78, 5) is 45.5. The third-order valence-corrected chi connectivity index (χ3v) is 11.3. The van der Waals surface area contributed by atoms with Crippen LogP contribution in [0.5, 0.6) is 0 Å². The number of hydrogen-bond donors (Lipinski definition) is 1. The second-order valence-electron chi connectivity index (χ2n) is 18.4. The molecule has 0 atom stereocenters. The number of nitrogens with zero attached hydrogens (tertiary/aromatic N) is 1. The molecule has 2 N–H and O–H groups in total. The molecule has 1 heterocycles. The lowest BCUT2D eigenvalue weighted by Gasteiger charge is -2.20. The number of likely N-dealkylation sites (tertiary alicyclic amines) is 1. The predicted molar refractivity (Wildman–Crippen MR) is 259 cm³/mol. The molecule has 364 valence electrons. The number of hydrogen-bond acceptors (Lipinski definition) is 8. The van der Waals surface area contributed by atoms with Crippen LogP contribution in [0.3, 0.4) is 0 Å². The lowest BCUT2D eigenvalue weighted by atomic mass is 9.86. The molecule has 1 aliphatic heterocycles. The summed E-state index contributed by atoms with van der Waals surface area (Å²) in [6, 6.07) is 0. The van der Waals surface area contributed by atoms with E-state index in [1.165, 1.54) is 135 Å². The number of amides is 1. The molecule has 1 saturated heterocycles. The van der Waals surface area contributed by atoms with Crippen molar-refractivity contribution in [2.45, 2.75) is 261 Å². The maximum atomic E-state index is 12.3. The van der Waals surface area contributed by atoms with E-state index in [2.05, 4.69) is 44.3 Å². The van der Waals surface area contributed by atoms with E-state index in [1.807, 2.05) is 20.8 Å². The van der Waals surface area contributed by atoms with Crippen molar-refractivity contribution in [3.63, 3.8) is 0 Å². The number of esters is 1. The molecule has 0 aliphatic carbocycles. The first-order valence-corrected chi connectivity index (χ1v) is 25.7. The Morgan fingerprint density at radius 1 is 0.623 bits per heavy atom. The first-order valence-electron chi connectivity index (χ1n) is 25.7. The third-order valence-electron chi connectivity index (χ3n) is 11.3. The lowest BCUT2D eigenvalue weighted by Crippen LogP contribution is -2.31. The molecule has 0 aromatic heterocycles. The van der Waals surface area contributed by atoms with Gasteiger partial charge in [0.1, 0.15) is 12.4 Å². The first kappa shape index (κ1) is 63.3. The van der Waals surface area contributed by atoms with Crippen LogP contribution < -0.4 is 5.73 Å². The number of nitrogens with two attached hydrogens (primary N) is 1. The van der Waals surface area contributed by atoms with Gasteiger partial charge in [0.15, 0.2) is 0 Å². The quantitative estimate of drug-likeness (QED) is 0.0368. The highest BCUT2D eigenvalue weighted by molar-refractivity contribution is 5.79. The molecule has 1 amide bonds. The molecule has 9 nitrogen and oxygen atoms in total. The summed E-state index contributed by atoms with van der Waals surface area (Å²) >= 11 is 0. The largest absolute Gasteiger partial charge is 0.468 e. The van der Waals surface area contributed by atoms with Crippen LogP contribution in [0.4, 0.5) is 0 Å². The van der Waals surface area contributed by atoms with Gasteiger partial charge in [0, 0.05) is 31.5 Å². The second-order valence-corrected chi connectivity index (χ2v) is 18.4. The molecule has 0 aromatic carbocycles. The lowest BCUT2D eigenvalue weighted by molar-refractivity contribution is -0.150. The Hall–Kier alpha value is -2.00. The highest BCUT2D eigenvalue weighted by Gasteiger charge is 2.23. The highest BCUT2D eigenvalue weighted by Crippen LogP contribution is 2.23. The fourth-order valence-corrected chi connectivity index (χ4v) is 6.91. The number of carbonyl (C=O) groups is 4. The standard InChI is InChI=1S/C26H50O4.C14H28N2O.C8H18O.C4H8O/c1-3-5-7-9-12-16-20-25(21-17-13-10-8-6-4-2)30-26(28)22-18-14-11-15-19-23-29-24-27;1-14(2,13(15)17)9-5-3-4-6-10-16-11-7-8-12-16;1-4-6-9-7-5-8(2)3;1-2-3-4-5/h24-25H,3-23H2,1-2H3;3-12H2,1-2H3,(H2,15,17);8H,4-7H2,1-3H3;4H,2-3H2,1H3. The molecule has 0 radical (unpaired) electrons. The van der Waals surface area contributed by atoms with Crippen LogP contribution >= 0.6 is 0 Å². The van der Waals surface area contributed by atoms with Gasteiger partial charge in [-0.2, -0.15) is 0 Å². The number of primary amides is 1. The number of rotatable bonds is 39. The fourth-order valence-electron chi connectivity index (χ4n) is 6.91. The summed E-state index contributed by atoms with van der Waals surface area (Å²) in [6.07, 6.45) is 36.6. The van der Waals surface area contributed by atoms with Gasteiger partial charge in [0.25, 0.3) is 6.47 Å². The zero-order chi connectivity index (χ0) is 46.1. The molecular formula is C52H104N2O7. The van der Waals surface area contributed by atoms with Crippen LogP contribution in [0.1, 0.15) is 254 Å². The highest BCUT2D eigenvalue weighted by atomic mass is 16.5. The van der Waals surface area contributed by atoms with E-state index < -0.39 is 0 Å². The van der Waals surface area contributed by atoms with Crippen LogP contribution in [0.15, 0.2) is 0 Å². The molecule has 0 bridgehead atoms. The number of aldehydes is 1. The fraction of sp³-hybridized carbons (Fsp3) is 0.923. The average molecular weight is 869 g/mol. The van der Waals surface area contributed by atoms with Crippen LogP contribution in [0, 0.1) is 11.3 Å². The van der Waals surface area contributed by atoms with Gasteiger partial charge < -0.3 is 29.6 Å². The molecule has 0 aromatic rings. The maximum Gasteiger partial charge on any atom is 0.306 e. The Morgan fingerprint density at radius 2 is 1.15 bits per heavy atom. The molecule has 9 heteroatoms. The monoisotopic (exact) mass is 869 g/mol. The number of ether oxygens (including phenoxy) is 3. The summed E-state index contributed by atoms with van der Waals surface area (Å²) in [5.74, 6) is 0.595. The van der Waals surface area contributed by atoms with Gasteiger partial charge in [-0.05, 0) is 109 Å². The van der Waals surface area contributed by atoms with Gasteiger partial charge in [-0.1, -0.05) is 158 Å². The van der Waals surface area contributed by atoms with Crippen molar-refractivity contribution in [2.75, 3.05) is 39.5 Å². The van der Waals surface area contributed by atoms with Gasteiger partial charge in [0.05, 0.1) is 6.61 Å². The number of carbonyl (C=O) groups excluding carboxylic acids is 4. The molecule has 1 rings (SSSR count). The Morgan fingerprint density at radius 3 is 1.64 bits per heavy atom. The zero-order valence-electron chi connectivity index (χ0n) is 41.9. The van der Waals surface area contributed by atoms with Gasteiger partial charge in [-0.25, -0.2) is 0 Å². The Bertz CT molecular complexity index is 907. The van der Waals surface area contributed by atoms with Crippen molar-refractivity contribution in [3.05, 3.63) is 0 Å². The summed E-state index contributed by atoms with van der Waals surface area (Å²) in [5.41, 5.74) is 5.02. The van der Waals surface area contributed by atoms with Crippen molar-refractivity contribution < 1.29 is 33.4 Å². The van der Waals surface area contributed by atoms with E-state index in [0.717, 1.165) is 96.0 Å². The van der Waals surface area contributed by atoms with E-state index in [0.29, 0.717) is 25.9 Å². The second kappa shape index (κ2) is 50.6. The van der Waals surface area contributed by atoms with Gasteiger partial charge in [0.2, 0.25) is 5.91 Å². The zero-order valence-corrected chi connectivity index (χ0v) is 41.9. The predicted octanol–water partition coefficient (Wildman–Crippen LogP) is 13.9. The van der Waals surface area contributed by atoms with E-state index >= 15 is 0 Å². The summed E-state index contributed by atoms with van der Waals surface area (Å²) in [5, 5.41) is 0. The minimum atomic E-state index is -0.324. The van der Waals surface area contributed by atoms with Crippen molar-refractivity contribution in [1.29, 1.82) is 0 Å². The number of unbranched alkanes of at least 4 members (excludes halogenated alkanes) is 18.